The number of hydrogen-bond donors (Lipinski definition) is 0. The van der Waals surface area contributed by atoms with Crippen molar-refractivity contribution in [3.63, 3.8) is 0 Å². The summed E-state index contributed by atoms with van der Waals surface area (Å²) in [6, 6.07) is 2.63. The van der Waals surface area contributed by atoms with Crippen molar-refractivity contribution in [2.24, 2.45) is 29.1 Å². The van der Waals surface area contributed by atoms with Crippen molar-refractivity contribution in [1.82, 2.24) is 0 Å². The van der Waals surface area contributed by atoms with Crippen LogP contribution in [0.5, 0.6) is 0 Å². The molecule has 0 fully saturated rings. The van der Waals surface area contributed by atoms with Gasteiger partial charge in [-0.15, -0.1) is 0 Å². The Kier molecular flexibility index (Phi) is 5.54. The zero-order valence-electron chi connectivity index (χ0n) is 19.3. The van der Waals surface area contributed by atoms with E-state index >= 15 is 0 Å². The molecule has 4 atom stereocenters. The minimum absolute atomic E-state index is 0.406. The molecule has 1 aromatic carbocycles. The predicted octanol–water partition coefficient (Wildman–Crippen LogP) is 7.94. The van der Waals surface area contributed by atoms with Crippen LogP contribution in [0.3, 0.4) is 0 Å². The number of aryl methyl sites for hydroxylation is 1. The van der Waals surface area contributed by atoms with Gasteiger partial charge in [-0.1, -0.05) is 59.6 Å². The molecular weight excluding hydrogens is 336 g/mol. The van der Waals surface area contributed by atoms with E-state index in [9.17, 15) is 0 Å². The zero-order valence-corrected chi connectivity index (χ0v) is 19.3. The van der Waals surface area contributed by atoms with Crippen LogP contribution in [0.15, 0.2) is 12.1 Å². The largest absolute Gasteiger partial charge is 0.0798 e. The lowest BCUT2D eigenvalue weighted by molar-refractivity contribution is 0.173. The second kappa shape index (κ2) is 7.66. The van der Waals surface area contributed by atoms with Crippen LogP contribution >= 0.6 is 0 Å². The molecule has 0 radical (unpaired) electrons. The number of benzene rings is 1. The molecular formula is C28H42. The van der Waals surface area contributed by atoms with Gasteiger partial charge in [-0.25, -0.2) is 0 Å². The van der Waals surface area contributed by atoms with E-state index < -0.39 is 0 Å². The molecule has 0 amide bonds. The van der Waals surface area contributed by atoms with E-state index in [2.05, 4.69) is 53.7 Å². The molecule has 1 aromatic rings. The molecule has 0 saturated carbocycles. The van der Waals surface area contributed by atoms with E-state index in [-0.39, 0.29) is 0 Å². The first-order valence-corrected chi connectivity index (χ1v) is 12.2. The fraction of sp³-hybridized carbons (Fsp3) is 0.714. The van der Waals surface area contributed by atoms with Gasteiger partial charge in [0.1, 0.15) is 0 Å². The third-order valence-electron chi connectivity index (χ3n) is 9.16. The van der Waals surface area contributed by atoms with Gasteiger partial charge >= 0.3 is 0 Å². The average Bonchev–Trinajstić information content (AvgIpc) is 3.03. The Hall–Kier alpha value is -1.04. The Morgan fingerprint density at radius 3 is 2.50 bits per heavy atom. The van der Waals surface area contributed by atoms with Crippen LogP contribution in [0, 0.1) is 36.0 Å². The first-order valence-electron chi connectivity index (χ1n) is 12.2. The molecule has 0 spiro atoms. The second-order valence-electron chi connectivity index (χ2n) is 11.0. The summed E-state index contributed by atoms with van der Waals surface area (Å²) >= 11 is 0. The maximum atomic E-state index is 2.65. The molecule has 0 heterocycles. The smallest absolute Gasteiger partial charge is 0.00355 e. The number of fused-ring (bicyclic) bond motifs is 4. The third-order valence-corrected chi connectivity index (χ3v) is 9.16. The van der Waals surface area contributed by atoms with Gasteiger partial charge in [-0.2, -0.15) is 0 Å². The lowest BCUT2D eigenvalue weighted by Gasteiger charge is -2.43. The Morgan fingerprint density at radius 2 is 1.75 bits per heavy atom. The summed E-state index contributed by atoms with van der Waals surface area (Å²) in [6.45, 7) is 14.8. The standard InChI is InChI=1S/C28H42/c1-18(2)19(3)11-12-20(4)26-13-14-27-25-17-22-9-7-8-10-23(22)21(5)24(25)15-16-28(26,27)6/h14,17-20,26H,7-13,15-16H2,1-6H3. The van der Waals surface area contributed by atoms with Crippen LogP contribution in [0.4, 0.5) is 0 Å². The van der Waals surface area contributed by atoms with E-state index in [4.69, 9.17) is 0 Å². The molecule has 4 unspecified atom stereocenters. The molecule has 0 nitrogen and oxygen atoms in total. The third kappa shape index (κ3) is 3.29. The van der Waals surface area contributed by atoms with Crippen molar-refractivity contribution in [2.45, 2.75) is 99.3 Å². The summed E-state index contributed by atoms with van der Waals surface area (Å²) in [5.41, 5.74) is 10.5. The van der Waals surface area contributed by atoms with Gasteiger partial charge in [0, 0.05) is 0 Å². The van der Waals surface area contributed by atoms with Crippen LogP contribution in [-0.2, 0) is 19.3 Å². The van der Waals surface area contributed by atoms with Crippen LogP contribution in [-0.4, -0.2) is 0 Å². The van der Waals surface area contributed by atoms with E-state index in [0.29, 0.717) is 5.41 Å². The molecule has 0 N–H and O–H groups in total. The van der Waals surface area contributed by atoms with Gasteiger partial charge in [-0.3, -0.25) is 0 Å². The first-order chi connectivity index (χ1) is 13.3. The molecule has 0 aromatic heterocycles. The SMILES string of the molecule is Cc1c2c(cc3c1CCC1(C)C3=CCC1C(C)CCC(C)C(C)C)CCCC2. The fourth-order valence-corrected chi connectivity index (χ4v) is 6.70. The molecule has 3 aliphatic rings. The van der Waals surface area contributed by atoms with Crippen LogP contribution in [0.1, 0.15) is 101 Å². The lowest BCUT2D eigenvalue weighted by atomic mass is 9.61. The highest BCUT2D eigenvalue weighted by Crippen LogP contribution is 2.58. The highest BCUT2D eigenvalue weighted by molar-refractivity contribution is 5.78. The summed E-state index contributed by atoms with van der Waals surface area (Å²) in [5, 5.41) is 0. The van der Waals surface area contributed by atoms with Crippen molar-refractivity contribution in [3.8, 4) is 0 Å². The molecule has 28 heavy (non-hydrogen) atoms. The number of allylic oxidation sites excluding steroid dienone is 2. The topological polar surface area (TPSA) is 0 Å². The normalized spacial score (nSPS) is 28.4. The van der Waals surface area contributed by atoms with E-state index in [1.807, 2.05) is 0 Å². The van der Waals surface area contributed by atoms with Crippen molar-refractivity contribution in [1.29, 1.82) is 0 Å². The van der Waals surface area contributed by atoms with E-state index in [1.165, 1.54) is 57.8 Å². The van der Waals surface area contributed by atoms with Crippen molar-refractivity contribution in [3.05, 3.63) is 40.0 Å². The summed E-state index contributed by atoms with van der Waals surface area (Å²) in [4.78, 5) is 0. The van der Waals surface area contributed by atoms with Gasteiger partial charge in [0.2, 0.25) is 0 Å². The van der Waals surface area contributed by atoms with Crippen LogP contribution in [0.2, 0.25) is 0 Å². The number of rotatable bonds is 5. The van der Waals surface area contributed by atoms with Crippen LogP contribution in [0.25, 0.3) is 5.57 Å². The summed E-state index contributed by atoms with van der Waals surface area (Å²) in [6.07, 6.45) is 14.8. The van der Waals surface area contributed by atoms with E-state index in [0.717, 1.165) is 23.7 Å². The summed E-state index contributed by atoms with van der Waals surface area (Å²) in [5.74, 6) is 3.34. The Bertz CT molecular complexity index is 765. The highest BCUT2D eigenvalue weighted by Gasteiger charge is 2.46. The first kappa shape index (κ1) is 20.2. The molecule has 0 saturated heterocycles. The number of hydrogen-bond acceptors (Lipinski definition) is 0. The monoisotopic (exact) mass is 378 g/mol. The fourth-order valence-electron chi connectivity index (χ4n) is 6.70. The minimum atomic E-state index is 0.406. The van der Waals surface area contributed by atoms with Crippen LogP contribution < -0.4 is 0 Å². The molecule has 0 heteroatoms. The molecule has 154 valence electrons. The van der Waals surface area contributed by atoms with Gasteiger partial charge in [0.25, 0.3) is 0 Å². The molecule has 3 aliphatic carbocycles. The quantitative estimate of drug-likeness (QED) is 0.488. The lowest BCUT2D eigenvalue weighted by Crippen LogP contribution is -2.33. The minimum Gasteiger partial charge on any atom is -0.0798 e. The average molecular weight is 379 g/mol. The maximum Gasteiger partial charge on any atom is -0.00355 e. The van der Waals surface area contributed by atoms with Crippen molar-refractivity contribution < 1.29 is 0 Å². The van der Waals surface area contributed by atoms with Gasteiger partial charge < -0.3 is 0 Å². The molecule has 0 bridgehead atoms. The molecule has 0 aliphatic heterocycles. The second-order valence-corrected chi connectivity index (χ2v) is 11.0. The Labute approximate surface area is 174 Å². The molecule has 4 rings (SSSR count). The van der Waals surface area contributed by atoms with Gasteiger partial charge in [-0.05, 0) is 114 Å². The van der Waals surface area contributed by atoms with Gasteiger partial charge in [0.05, 0.1) is 0 Å². The maximum absolute atomic E-state index is 2.65. The Morgan fingerprint density at radius 1 is 1.00 bits per heavy atom. The highest BCUT2D eigenvalue weighted by atomic mass is 14.5. The Balaban J connectivity index is 1.59. The van der Waals surface area contributed by atoms with Crippen molar-refractivity contribution in [2.75, 3.05) is 0 Å². The van der Waals surface area contributed by atoms with Crippen molar-refractivity contribution >= 4 is 5.57 Å². The summed E-state index contributed by atoms with van der Waals surface area (Å²) < 4.78 is 0. The predicted molar refractivity (Wildman–Crippen MR) is 123 cm³/mol. The van der Waals surface area contributed by atoms with Gasteiger partial charge in [0.15, 0.2) is 0 Å². The van der Waals surface area contributed by atoms with E-state index in [1.54, 1.807) is 33.4 Å². The summed E-state index contributed by atoms with van der Waals surface area (Å²) in [7, 11) is 0. The zero-order chi connectivity index (χ0) is 20.1.